The second-order valence-electron chi connectivity index (χ2n) is 3.37. The highest BCUT2D eigenvalue weighted by Crippen LogP contribution is 2.34. The van der Waals surface area contributed by atoms with Crippen molar-refractivity contribution in [3.8, 4) is 11.5 Å². The fraction of sp³-hybridized carbons (Fsp3) is 0.200. The van der Waals surface area contributed by atoms with Gasteiger partial charge in [-0.3, -0.25) is 4.79 Å². The zero-order chi connectivity index (χ0) is 10.4. The summed E-state index contributed by atoms with van der Waals surface area (Å²) in [7, 11) is 0. The highest BCUT2D eigenvalue weighted by molar-refractivity contribution is 5.79. The fourth-order valence-electron chi connectivity index (χ4n) is 1.57. The standard InChI is InChI=1S/C10H8N2O3/c1-5-10(13)12-7-3-9-8(14-4-15-9)2-6(7)11-5/h2-3H,4H2,1H3,(H,12,13). The third-order valence-corrected chi connectivity index (χ3v) is 2.36. The number of H-pyrrole nitrogens is 1. The van der Waals surface area contributed by atoms with Crippen molar-refractivity contribution in [2.75, 3.05) is 6.79 Å². The number of benzene rings is 1. The number of hydrogen-bond acceptors (Lipinski definition) is 4. The molecule has 5 heteroatoms. The Morgan fingerprint density at radius 2 is 2.07 bits per heavy atom. The van der Waals surface area contributed by atoms with Gasteiger partial charge in [-0.05, 0) is 6.92 Å². The molecular weight excluding hydrogens is 196 g/mol. The number of nitrogens with zero attached hydrogens (tertiary/aromatic N) is 1. The average molecular weight is 204 g/mol. The van der Waals surface area contributed by atoms with Gasteiger partial charge >= 0.3 is 0 Å². The molecule has 1 N–H and O–H groups in total. The van der Waals surface area contributed by atoms with Crippen molar-refractivity contribution in [3.63, 3.8) is 0 Å². The maximum Gasteiger partial charge on any atom is 0.269 e. The summed E-state index contributed by atoms with van der Waals surface area (Å²) >= 11 is 0. The summed E-state index contributed by atoms with van der Waals surface area (Å²) in [6.07, 6.45) is 0. The first-order chi connectivity index (χ1) is 7.24. The molecule has 2 heterocycles. The van der Waals surface area contributed by atoms with Gasteiger partial charge in [0.2, 0.25) is 6.79 Å². The molecule has 0 unspecified atom stereocenters. The van der Waals surface area contributed by atoms with Gasteiger partial charge in [-0.25, -0.2) is 4.98 Å². The lowest BCUT2D eigenvalue weighted by Gasteiger charge is -2.00. The van der Waals surface area contributed by atoms with E-state index in [4.69, 9.17) is 9.47 Å². The van der Waals surface area contributed by atoms with Crippen molar-refractivity contribution in [3.05, 3.63) is 28.2 Å². The molecular formula is C10H8N2O3. The SMILES string of the molecule is Cc1nc2cc3c(cc2[nH]c1=O)OCO3. The van der Waals surface area contributed by atoms with Crippen LogP contribution in [0.2, 0.25) is 0 Å². The molecule has 0 amide bonds. The smallest absolute Gasteiger partial charge is 0.269 e. The topological polar surface area (TPSA) is 64.2 Å². The van der Waals surface area contributed by atoms with Crippen molar-refractivity contribution < 1.29 is 9.47 Å². The summed E-state index contributed by atoms with van der Waals surface area (Å²) in [5.41, 5.74) is 1.63. The molecule has 0 spiro atoms. The van der Waals surface area contributed by atoms with Crippen molar-refractivity contribution >= 4 is 11.0 Å². The van der Waals surface area contributed by atoms with Gasteiger partial charge in [0.25, 0.3) is 5.56 Å². The first-order valence-corrected chi connectivity index (χ1v) is 4.54. The minimum atomic E-state index is -0.179. The minimum Gasteiger partial charge on any atom is -0.454 e. The van der Waals surface area contributed by atoms with Gasteiger partial charge in [0.15, 0.2) is 11.5 Å². The van der Waals surface area contributed by atoms with E-state index in [1.165, 1.54) is 0 Å². The van der Waals surface area contributed by atoms with E-state index in [1.807, 2.05) is 0 Å². The first-order valence-electron chi connectivity index (χ1n) is 4.54. The number of ether oxygens (including phenoxy) is 2. The predicted molar refractivity (Wildman–Crippen MR) is 53.2 cm³/mol. The second kappa shape index (κ2) is 2.73. The summed E-state index contributed by atoms with van der Waals surface area (Å²) in [5, 5.41) is 0. The van der Waals surface area contributed by atoms with E-state index < -0.39 is 0 Å². The van der Waals surface area contributed by atoms with Gasteiger partial charge < -0.3 is 14.5 Å². The molecule has 0 saturated heterocycles. The fourth-order valence-corrected chi connectivity index (χ4v) is 1.57. The molecule has 0 radical (unpaired) electrons. The Kier molecular flexibility index (Phi) is 1.50. The molecule has 5 nitrogen and oxygen atoms in total. The van der Waals surface area contributed by atoms with Crippen LogP contribution in [0, 0.1) is 6.92 Å². The Hall–Kier alpha value is -2.04. The highest BCUT2D eigenvalue weighted by Gasteiger charge is 2.15. The van der Waals surface area contributed by atoms with Crippen LogP contribution >= 0.6 is 0 Å². The van der Waals surface area contributed by atoms with Crippen molar-refractivity contribution in [2.24, 2.45) is 0 Å². The average Bonchev–Trinajstić information content (AvgIpc) is 2.63. The summed E-state index contributed by atoms with van der Waals surface area (Å²) in [4.78, 5) is 18.3. The molecule has 76 valence electrons. The lowest BCUT2D eigenvalue weighted by atomic mass is 10.2. The van der Waals surface area contributed by atoms with Gasteiger partial charge in [0.1, 0.15) is 5.69 Å². The van der Waals surface area contributed by atoms with Crippen LogP contribution < -0.4 is 15.0 Å². The molecule has 0 atom stereocenters. The van der Waals surface area contributed by atoms with E-state index >= 15 is 0 Å². The van der Waals surface area contributed by atoms with Gasteiger partial charge in [-0.2, -0.15) is 0 Å². The number of aromatic nitrogens is 2. The van der Waals surface area contributed by atoms with E-state index in [1.54, 1.807) is 19.1 Å². The molecule has 0 fully saturated rings. The van der Waals surface area contributed by atoms with Gasteiger partial charge in [-0.15, -0.1) is 0 Å². The number of nitrogens with one attached hydrogen (secondary N) is 1. The number of fused-ring (bicyclic) bond motifs is 2. The summed E-state index contributed by atoms with van der Waals surface area (Å²) in [6, 6.07) is 3.49. The Morgan fingerprint density at radius 1 is 1.33 bits per heavy atom. The lowest BCUT2D eigenvalue weighted by molar-refractivity contribution is 0.174. The highest BCUT2D eigenvalue weighted by atomic mass is 16.7. The summed E-state index contributed by atoms with van der Waals surface area (Å²) in [5.74, 6) is 1.31. The van der Waals surface area contributed by atoms with Gasteiger partial charge in [0.05, 0.1) is 11.0 Å². The van der Waals surface area contributed by atoms with Crippen LogP contribution in [0.1, 0.15) is 5.69 Å². The maximum atomic E-state index is 11.3. The van der Waals surface area contributed by atoms with Crippen molar-refractivity contribution in [1.29, 1.82) is 0 Å². The van der Waals surface area contributed by atoms with Gasteiger partial charge in [-0.1, -0.05) is 0 Å². The third kappa shape index (κ3) is 1.16. The van der Waals surface area contributed by atoms with Crippen LogP contribution in [0.15, 0.2) is 16.9 Å². The molecule has 2 aromatic rings. The molecule has 15 heavy (non-hydrogen) atoms. The number of hydrogen-bond donors (Lipinski definition) is 1. The van der Waals surface area contributed by atoms with E-state index in [2.05, 4.69) is 9.97 Å². The third-order valence-electron chi connectivity index (χ3n) is 2.36. The van der Waals surface area contributed by atoms with Crippen molar-refractivity contribution in [2.45, 2.75) is 6.92 Å². The van der Waals surface area contributed by atoms with E-state index in [9.17, 15) is 4.79 Å². The minimum absolute atomic E-state index is 0.179. The molecule has 1 aromatic heterocycles. The predicted octanol–water partition coefficient (Wildman–Crippen LogP) is 0.960. The molecule has 3 rings (SSSR count). The monoisotopic (exact) mass is 204 g/mol. The molecule has 0 bridgehead atoms. The first kappa shape index (κ1) is 8.28. The maximum absolute atomic E-state index is 11.3. The Balaban J connectivity index is 2.38. The van der Waals surface area contributed by atoms with Crippen LogP contribution in [-0.4, -0.2) is 16.8 Å². The lowest BCUT2D eigenvalue weighted by Crippen LogP contribution is -2.11. The number of aromatic amines is 1. The van der Waals surface area contributed by atoms with Gasteiger partial charge in [0, 0.05) is 12.1 Å². The number of aryl methyl sites for hydroxylation is 1. The molecule has 1 aromatic carbocycles. The van der Waals surface area contributed by atoms with Crippen LogP contribution in [0.3, 0.4) is 0 Å². The Morgan fingerprint density at radius 3 is 2.87 bits per heavy atom. The van der Waals surface area contributed by atoms with E-state index in [-0.39, 0.29) is 12.4 Å². The quantitative estimate of drug-likeness (QED) is 0.694. The largest absolute Gasteiger partial charge is 0.454 e. The molecule has 1 aliphatic heterocycles. The summed E-state index contributed by atoms with van der Waals surface area (Å²) in [6.45, 7) is 1.89. The zero-order valence-electron chi connectivity index (χ0n) is 8.03. The van der Waals surface area contributed by atoms with E-state index in [0.29, 0.717) is 28.2 Å². The molecule has 0 saturated carbocycles. The Bertz CT molecular complexity index is 603. The van der Waals surface area contributed by atoms with Crippen LogP contribution in [0.5, 0.6) is 11.5 Å². The Labute approximate surface area is 84.7 Å². The van der Waals surface area contributed by atoms with Crippen LogP contribution in [0.4, 0.5) is 0 Å². The molecule has 0 aliphatic carbocycles. The normalized spacial score (nSPS) is 13.4. The number of rotatable bonds is 0. The molecule has 1 aliphatic rings. The van der Waals surface area contributed by atoms with Crippen LogP contribution in [-0.2, 0) is 0 Å². The zero-order valence-corrected chi connectivity index (χ0v) is 8.03. The van der Waals surface area contributed by atoms with E-state index in [0.717, 1.165) is 0 Å². The summed E-state index contributed by atoms with van der Waals surface area (Å²) < 4.78 is 10.4. The second-order valence-corrected chi connectivity index (χ2v) is 3.37. The van der Waals surface area contributed by atoms with Crippen molar-refractivity contribution in [1.82, 2.24) is 9.97 Å². The van der Waals surface area contributed by atoms with Crippen LogP contribution in [0.25, 0.3) is 11.0 Å².